The molecule has 0 amide bonds. The van der Waals surface area contributed by atoms with Crippen molar-refractivity contribution < 1.29 is 46.1 Å². The maximum atomic E-state index is 12.4. The van der Waals surface area contributed by atoms with Crippen LogP contribution in [0.4, 0.5) is 26.3 Å². The highest BCUT2D eigenvalue weighted by Gasteiger charge is 2.36. The summed E-state index contributed by atoms with van der Waals surface area (Å²) in [4.78, 5) is 22.3. The van der Waals surface area contributed by atoms with Gasteiger partial charge in [-0.05, 0) is 39.5 Å². The van der Waals surface area contributed by atoms with Crippen LogP contribution in [0.15, 0.2) is 10.2 Å². The summed E-state index contributed by atoms with van der Waals surface area (Å²) < 4.78 is 74.3. The van der Waals surface area contributed by atoms with Gasteiger partial charge in [0.15, 0.2) is 11.1 Å². The third-order valence-electron chi connectivity index (χ3n) is 4.48. The van der Waals surface area contributed by atoms with Gasteiger partial charge in [-0.1, -0.05) is 0 Å². The predicted octanol–water partition coefficient (Wildman–Crippen LogP) is 2.20. The van der Waals surface area contributed by atoms with Gasteiger partial charge in [0.2, 0.25) is 0 Å². The smallest absolute Gasteiger partial charge is 0.389 e. The van der Waals surface area contributed by atoms with E-state index >= 15 is 0 Å². The molecule has 0 fully saturated rings. The summed E-state index contributed by atoms with van der Waals surface area (Å²) in [6.45, 7) is 2.05. The van der Waals surface area contributed by atoms with Crippen molar-refractivity contribution in [1.29, 1.82) is 10.5 Å². The second-order valence-electron chi connectivity index (χ2n) is 7.72. The number of alkyl halides is 6. The number of aliphatic carboxylic acids is 2. The van der Waals surface area contributed by atoms with Crippen molar-refractivity contribution in [2.24, 2.45) is 22.1 Å². The number of nitriles is 2. The summed E-state index contributed by atoms with van der Waals surface area (Å²) in [6.07, 6.45) is -15.6. The minimum absolute atomic E-state index is 0.759. The third-order valence-corrected chi connectivity index (χ3v) is 4.48. The first-order valence-electron chi connectivity index (χ1n) is 9.17. The number of rotatable bonds is 12. The van der Waals surface area contributed by atoms with Crippen LogP contribution in [0.3, 0.4) is 0 Å². The molecule has 14 heteroatoms. The van der Waals surface area contributed by atoms with E-state index in [2.05, 4.69) is 10.2 Å². The van der Waals surface area contributed by atoms with Crippen LogP contribution in [0.1, 0.15) is 52.4 Å². The molecule has 0 bridgehead atoms. The van der Waals surface area contributed by atoms with Gasteiger partial charge < -0.3 is 19.8 Å². The predicted molar refractivity (Wildman–Crippen MR) is 89.7 cm³/mol. The number of carbonyl (C=O) groups is 2. The van der Waals surface area contributed by atoms with E-state index in [0.29, 0.717) is 0 Å². The molecule has 0 aliphatic carbocycles. The standard InChI is InChI=1S/C18H22F6N4O4/c1-15(9-25,7-11(13(29)30)3-5-17(19,20)21)27-28-16(2,10-26)8-12(14(31)32)4-6-18(22,23)24/h11-12H,3-8H2,1-2H3,(H,29,30)(H,31,32)/p-2. The Hall–Kier alpha value is -2.90. The summed E-state index contributed by atoms with van der Waals surface area (Å²) in [5.74, 6) is -7.20. The van der Waals surface area contributed by atoms with Crippen molar-refractivity contribution in [3.8, 4) is 12.1 Å². The lowest BCUT2D eigenvalue weighted by molar-refractivity contribution is -0.314. The Morgan fingerprint density at radius 3 is 1.25 bits per heavy atom. The first-order chi connectivity index (χ1) is 14.4. The van der Waals surface area contributed by atoms with Crippen LogP contribution in [0.25, 0.3) is 0 Å². The number of azo groups is 1. The summed E-state index contributed by atoms with van der Waals surface area (Å²) >= 11 is 0. The second kappa shape index (κ2) is 11.1. The summed E-state index contributed by atoms with van der Waals surface area (Å²) in [6, 6.07) is 3.12. The monoisotopic (exact) mass is 470 g/mol. The average molecular weight is 470 g/mol. The second-order valence-corrected chi connectivity index (χ2v) is 7.72. The zero-order chi connectivity index (χ0) is 25.4. The third kappa shape index (κ3) is 11.5. The van der Waals surface area contributed by atoms with E-state index in [1.807, 2.05) is 0 Å². The molecule has 0 N–H and O–H groups in total. The summed E-state index contributed by atoms with van der Waals surface area (Å²) in [5, 5.41) is 48.0. The number of carboxylic acid groups (broad SMARTS) is 2. The minimum atomic E-state index is -4.66. The van der Waals surface area contributed by atoms with Gasteiger partial charge in [-0.2, -0.15) is 47.1 Å². The van der Waals surface area contributed by atoms with Crippen LogP contribution in [0.5, 0.6) is 0 Å². The molecule has 4 atom stereocenters. The van der Waals surface area contributed by atoms with Gasteiger partial charge in [0.25, 0.3) is 0 Å². The van der Waals surface area contributed by atoms with Gasteiger partial charge in [0, 0.05) is 36.6 Å². The lowest BCUT2D eigenvalue weighted by Gasteiger charge is -2.27. The first-order valence-corrected chi connectivity index (χ1v) is 9.17. The van der Waals surface area contributed by atoms with Crippen molar-refractivity contribution in [1.82, 2.24) is 0 Å². The lowest BCUT2D eigenvalue weighted by atomic mass is 9.87. The highest BCUT2D eigenvalue weighted by Crippen LogP contribution is 2.32. The SMILES string of the molecule is CC(C#N)(CC(CCC(F)(F)F)C(=O)[O-])N=NC(C)(C#N)CC(CCC(F)(F)F)C(=O)[O-]. The summed E-state index contributed by atoms with van der Waals surface area (Å²) in [5.41, 5.74) is -4.06. The van der Waals surface area contributed by atoms with Gasteiger partial charge >= 0.3 is 12.4 Å². The van der Waals surface area contributed by atoms with Gasteiger partial charge in [-0.15, -0.1) is 0 Å². The Morgan fingerprint density at radius 1 is 0.781 bits per heavy atom. The fraction of sp³-hybridized carbons (Fsp3) is 0.778. The van der Waals surface area contributed by atoms with E-state index in [1.54, 1.807) is 12.1 Å². The largest absolute Gasteiger partial charge is 0.550 e. The average Bonchev–Trinajstić information content (AvgIpc) is 2.65. The molecule has 32 heavy (non-hydrogen) atoms. The molecule has 0 aromatic heterocycles. The molecule has 0 radical (unpaired) electrons. The fourth-order valence-corrected chi connectivity index (χ4v) is 2.68. The number of carboxylic acids is 2. The Bertz CT molecular complexity index is 722. The topological polar surface area (TPSA) is 153 Å². The molecule has 0 saturated carbocycles. The number of halogens is 6. The van der Waals surface area contributed by atoms with Gasteiger partial charge in [-0.25, -0.2) is 0 Å². The highest BCUT2D eigenvalue weighted by atomic mass is 19.4. The Morgan fingerprint density at radius 2 is 1.06 bits per heavy atom. The van der Waals surface area contributed by atoms with E-state index in [0.717, 1.165) is 13.8 Å². The van der Waals surface area contributed by atoms with Crippen LogP contribution >= 0.6 is 0 Å². The van der Waals surface area contributed by atoms with E-state index in [9.17, 15) is 56.7 Å². The molecule has 0 aliphatic heterocycles. The molecule has 4 unspecified atom stereocenters. The molecular formula is C18H20F6N4O4-2. The quantitative estimate of drug-likeness (QED) is 0.315. The molecule has 0 rings (SSSR count). The highest BCUT2D eigenvalue weighted by molar-refractivity contribution is 5.68. The van der Waals surface area contributed by atoms with Gasteiger partial charge in [0.05, 0.1) is 12.1 Å². The molecule has 0 spiro atoms. The molecule has 8 nitrogen and oxygen atoms in total. The van der Waals surface area contributed by atoms with Crippen molar-refractivity contribution in [3.05, 3.63) is 0 Å². The van der Waals surface area contributed by atoms with Crippen LogP contribution < -0.4 is 10.2 Å². The van der Waals surface area contributed by atoms with Crippen molar-refractivity contribution in [2.45, 2.75) is 75.8 Å². The normalized spacial score (nSPS) is 18.1. The molecule has 0 saturated heterocycles. The number of hydrogen-bond acceptors (Lipinski definition) is 8. The van der Waals surface area contributed by atoms with Crippen LogP contribution in [0.2, 0.25) is 0 Å². The molecular weight excluding hydrogens is 450 g/mol. The Kier molecular flexibility index (Phi) is 10.1. The number of carbonyl (C=O) groups excluding carboxylic acids is 2. The van der Waals surface area contributed by atoms with E-state index < -0.39 is 85.7 Å². The molecule has 180 valence electrons. The van der Waals surface area contributed by atoms with Crippen LogP contribution in [-0.4, -0.2) is 35.4 Å². The van der Waals surface area contributed by atoms with Crippen molar-refractivity contribution >= 4 is 11.9 Å². The molecule has 0 heterocycles. The van der Waals surface area contributed by atoms with E-state index in [1.165, 1.54) is 0 Å². The fourth-order valence-electron chi connectivity index (χ4n) is 2.68. The van der Waals surface area contributed by atoms with Gasteiger partial charge in [-0.3, -0.25) is 0 Å². The van der Waals surface area contributed by atoms with Gasteiger partial charge in [0.1, 0.15) is 0 Å². The zero-order valence-corrected chi connectivity index (χ0v) is 17.1. The van der Waals surface area contributed by atoms with Crippen molar-refractivity contribution in [2.75, 3.05) is 0 Å². The first kappa shape index (κ1) is 29.1. The van der Waals surface area contributed by atoms with Crippen LogP contribution in [-0.2, 0) is 9.59 Å². The van der Waals surface area contributed by atoms with E-state index in [4.69, 9.17) is 0 Å². The maximum absolute atomic E-state index is 12.4. The lowest BCUT2D eigenvalue weighted by Crippen LogP contribution is -2.38. The molecule has 0 aromatic carbocycles. The molecule has 0 aliphatic rings. The number of hydrogen-bond donors (Lipinski definition) is 0. The van der Waals surface area contributed by atoms with Crippen molar-refractivity contribution in [3.63, 3.8) is 0 Å². The Labute approximate surface area is 179 Å². The Balaban J connectivity index is 5.58. The summed E-state index contributed by atoms with van der Waals surface area (Å²) in [7, 11) is 0. The number of nitrogens with zero attached hydrogens (tertiary/aromatic N) is 4. The molecule has 0 aromatic rings. The van der Waals surface area contributed by atoms with E-state index in [-0.39, 0.29) is 0 Å². The maximum Gasteiger partial charge on any atom is 0.389 e. The minimum Gasteiger partial charge on any atom is -0.550 e. The zero-order valence-electron chi connectivity index (χ0n) is 17.1. The van der Waals surface area contributed by atoms with Crippen LogP contribution in [0, 0.1) is 34.5 Å².